The molecule has 1 aliphatic rings. The van der Waals surface area contributed by atoms with Crippen molar-refractivity contribution in [2.45, 2.75) is 19.4 Å². The summed E-state index contributed by atoms with van der Waals surface area (Å²) in [5.41, 5.74) is 0.213. The lowest BCUT2D eigenvalue weighted by Crippen LogP contribution is -2.45. The molecule has 0 amide bonds. The van der Waals surface area contributed by atoms with Gasteiger partial charge in [-0.1, -0.05) is 6.92 Å². The summed E-state index contributed by atoms with van der Waals surface area (Å²) in [6, 6.07) is 2.77. The van der Waals surface area contributed by atoms with E-state index in [0.29, 0.717) is 5.56 Å². The number of nitrogens with one attached hydrogen (secondary N) is 1. The quantitative estimate of drug-likeness (QED) is 0.438. The van der Waals surface area contributed by atoms with Crippen LogP contribution < -0.4 is 5.32 Å². The Morgan fingerprint density at radius 2 is 2.05 bits per heavy atom. The molecule has 7 heteroatoms. The van der Waals surface area contributed by atoms with Gasteiger partial charge >= 0.3 is 5.69 Å². The molecule has 1 fully saturated rings. The van der Waals surface area contributed by atoms with Crippen LogP contribution in [0.15, 0.2) is 12.1 Å². The van der Waals surface area contributed by atoms with Crippen molar-refractivity contribution in [1.82, 2.24) is 10.2 Å². The second-order valence-electron chi connectivity index (χ2n) is 4.87. The van der Waals surface area contributed by atoms with E-state index in [1.807, 2.05) is 6.92 Å². The lowest BCUT2D eigenvalue weighted by atomic mass is 10.0. The Morgan fingerprint density at radius 3 is 2.60 bits per heavy atom. The molecule has 1 aliphatic heterocycles. The number of hydrogen-bond acceptors (Lipinski definition) is 6. The Kier molecular flexibility index (Phi) is 4.41. The van der Waals surface area contributed by atoms with Crippen LogP contribution in [0.2, 0.25) is 0 Å². The Labute approximate surface area is 117 Å². The van der Waals surface area contributed by atoms with Crippen LogP contribution in [0.4, 0.5) is 5.69 Å². The molecule has 0 bridgehead atoms. The van der Waals surface area contributed by atoms with E-state index >= 15 is 0 Å². The number of nitro groups is 1. The van der Waals surface area contributed by atoms with Crippen molar-refractivity contribution in [3.05, 3.63) is 27.8 Å². The van der Waals surface area contributed by atoms with Gasteiger partial charge in [-0.15, -0.1) is 0 Å². The minimum atomic E-state index is -0.678. The van der Waals surface area contributed by atoms with Crippen molar-refractivity contribution in [3.63, 3.8) is 0 Å². The molecule has 7 nitrogen and oxygen atoms in total. The first kappa shape index (κ1) is 14.5. The second kappa shape index (κ2) is 6.06. The smallest absolute Gasteiger partial charge is 0.314 e. The number of piperazine rings is 1. The molecule has 1 atom stereocenters. The predicted molar refractivity (Wildman–Crippen MR) is 73.9 cm³/mol. The van der Waals surface area contributed by atoms with Gasteiger partial charge < -0.3 is 15.5 Å². The summed E-state index contributed by atoms with van der Waals surface area (Å²) < 4.78 is 0. The van der Waals surface area contributed by atoms with Gasteiger partial charge in [0, 0.05) is 38.3 Å². The van der Waals surface area contributed by atoms with Crippen molar-refractivity contribution >= 4 is 5.69 Å². The van der Waals surface area contributed by atoms with Crippen molar-refractivity contribution in [2.75, 3.05) is 26.2 Å². The molecule has 1 heterocycles. The van der Waals surface area contributed by atoms with Gasteiger partial charge in [0.2, 0.25) is 5.75 Å². The largest absolute Gasteiger partial charge is 0.504 e. The molecule has 0 aromatic heterocycles. The monoisotopic (exact) mass is 281 g/mol. The summed E-state index contributed by atoms with van der Waals surface area (Å²) in [6.45, 7) is 5.47. The highest BCUT2D eigenvalue weighted by molar-refractivity contribution is 5.57. The third-order valence-electron chi connectivity index (χ3n) is 3.65. The van der Waals surface area contributed by atoms with E-state index in [-0.39, 0.29) is 6.04 Å². The topological polar surface area (TPSA) is 98.9 Å². The summed E-state index contributed by atoms with van der Waals surface area (Å²) in [5, 5.41) is 33.4. The molecule has 1 aromatic rings. The minimum absolute atomic E-state index is 0.00213. The van der Waals surface area contributed by atoms with Gasteiger partial charge in [0.05, 0.1) is 4.92 Å². The number of nitro benzene ring substituents is 1. The second-order valence-corrected chi connectivity index (χ2v) is 4.87. The zero-order valence-electron chi connectivity index (χ0n) is 11.4. The van der Waals surface area contributed by atoms with E-state index in [1.54, 1.807) is 0 Å². The number of benzene rings is 1. The lowest BCUT2D eigenvalue weighted by molar-refractivity contribution is -0.386. The van der Waals surface area contributed by atoms with Gasteiger partial charge in [-0.25, -0.2) is 0 Å². The van der Waals surface area contributed by atoms with Gasteiger partial charge in [0.25, 0.3) is 0 Å². The van der Waals surface area contributed by atoms with Gasteiger partial charge in [-0.2, -0.15) is 0 Å². The van der Waals surface area contributed by atoms with E-state index in [9.17, 15) is 20.3 Å². The number of rotatable bonds is 4. The number of nitrogens with zero attached hydrogens (tertiary/aromatic N) is 2. The first-order valence-electron chi connectivity index (χ1n) is 6.69. The zero-order chi connectivity index (χ0) is 14.7. The third-order valence-corrected chi connectivity index (χ3v) is 3.65. The molecular weight excluding hydrogens is 262 g/mol. The summed E-state index contributed by atoms with van der Waals surface area (Å²) in [4.78, 5) is 12.5. The van der Waals surface area contributed by atoms with E-state index in [2.05, 4.69) is 10.2 Å². The van der Waals surface area contributed by atoms with Crippen LogP contribution in [-0.4, -0.2) is 46.2 Å². The van der Waals surface area contributed by atoms with Crippen molar-refractivity contribution in [1.29, 1.82) is 0 Å². The SMILES string of the molecule is CC[C@@H](c1cc(O)c(O)c([N+](=O)[O-])c1)N1CCNCC1. The predicted octanol–water partition coefficient (Wildman–Crippen LogP) is 1.36. The maximum absolute atomic E-state index is 10.9. The van der Waals surface area contributed by atoms with E-state index < -0.39 is 22.1 Å². The molecule has 20 heavy (non-hydrogen) atoms. The number of aromatic hydroxyl groups is 2. The molecule has 0 unspecified atom stereocenters. The summed E-state index contributed by atoms with van der Waals surface area (Å²) in [7, 11) is 0. The van der Waals surface area contributed by atoms with E-state index in [4.69, 9.17) is 0 Å². The van der Waals surface area contributed by atoms with Gasteiger partial charge in [-0.3, -0.25) is 15.0 Å². The molecule has 1 aromatic carbocycles. The van der Waals surface area contributed by atoms with Crippen LogP contribution in [0.1, 0.15) is 24.9 Å². The highest BCUT2D eigenvalue weighted by Gasteiger charge is 2.26. The molecule has 110 valence electrons. The standard InChI is InChI=1S/C13H19N3O4/c1-2-10(15-5-3-14-4-6-15)9-7-11(16(19)20)13(18)12(17)8-9/h7-8,10,14,17-18H,2-6H2,1H3/t10-/m0/s1. The summed E-state index contributed by atoms with van der Waals surface area (Å²) in [6.07, 6.45) is 0.779. The third kappa shape index (κ3) is 2.83. The fraction of sp³-hybridized carbons (Fsp3) is 0.538. The van der Waals surface area contributed by atoms with Crippen LogP contribution in [0.25, 0.3) is 0 Å². The highest BCUT2D eigenvalue weighted by Crippen LogP contribution is 2.39. The fourth-order valence-corrected chi connectivity index (χ4v) is 2.66. The summed E-state index contributed by atoms with van der Waals surface area (Å²) >= 11 is 0. The molecule has 2 rings (SSSR count). The Morgan fingerprint density at radius 1 is 1.40 bits per heavy atom. The Hall–Kier alpha value is -1.86. The van der Waals surface area contributed by atoms with Gasteiger partial charge in [0.15, 0.2) is 5.75 Å². The molecule has 0 saturated carbocycles. The molecule has 0 aliphatic carbocycles. The molecule has 1 saturated heterocycles. The highest BCUT2D eigenvalue weighted by atomic mass is 16.6. The first-order chi connectivity index (χ1) is 9.54. The van der Waals surface area contributed by atoms with E-state index in [0.717, 1.165) is 32.6 Å². The maximum Gasteiger partial charge on any atom is 0.314 e. The lowest BCUT2D eigenvalue weighted by Gasteiger charge is -2.34. The van der Waals surface area contributed by atoms with Crippen LogP contribution in [0.3, 0.4) is 0 Å². The zero-order valence-corrected chi connectivity index (χ0v) is 11.4. The van der Waals surface area contributed by atoms with Crippen LogP contribution in [0.5, 0.6) is 11.5 Å². The molecular formula is C13H19N3O4. The number of phenolic OH excluding ortho intramolecular Hbond substituents is 2. The maximum atomic E-state index is 10.9. The van der Waals surface area contributed by atoms with Gasteiger partial charge in [0.1, 0.15) is 0 Å². The molecule has 0 radical (unpaired) electrons. The normalized spacial score (nSPS) is 17.9. The van der Waals surface area contributed by atoms with Crippen LogP contribution in [0, 0.1) is 10.1 Å². The van der Waals surface area contributed by atoms with Crippen LogP contribution >= 0.6 is 0 Å². The first-order valence-corrected chi connectivity index (χ1v) is 6.69. The average molecular weight is 281 g/mol. The molecule has 3 N–H and O–H groups in total. The fourth-order valence-electron chi connectivity index (χ4n) is 2.66. The van der Waals surface area contributed by atoms with E-state index in [1.165, 1.54) is 12.1 Å². The average Bonchev–Trinajstić information content (AvgIpc) is 2.44. The Bertz CT molecular complexity index is 501. The summed E-state index contributed by atoms with van der Waals surface area (Å²) in [5.74, 6) is -1.11. The Balaban J connectivity index is 2.36. The van der Waals surface area contributed by atoms with Gasteiger partial charge in [-0.05, 0) is 18.1 Å². The van der Waals surface area contributed by atoms with Crippen molar-refractivity contribution < 1.29 is 15.1 Å². The minimum Gasteiger partial charge on any atom is -0.504 e. The number of phenols is 2. The van der Waals surface area contributed by atoms with Crippen molar-refractivity contribution in [3.8, 4) is 11.5 Å². The van der Waals surface area contributed by atoms with Crippen molar-refractivity contribution in [2.24, 2.45) is 0 Å². The number of hydrogen-bond donors (Lipinski definition) is 3. The van der Waals surface area contributed by atoms with Crippen LogP contribution in [-0.2, 0) is 0 Å². The molecule has 0 spiro atoms.